The smallest absolute Gasteiger partial charge is 0.326 e. The highest BCUT2D eigenvalue weighted by atomic mass is 16.4. The molecule has 3 rings (SSSR count). The van der Waals surface area contributed by atoms with Gasteiger partial charge in [-0.25, -0.2) is 9.78 Å². The van der Waals surface area contributed by atoms with E-state index in [0.717, 1.165) is 0 Å². The number of primary amides is 1. The van der Waals surface area contributed by atoms with E-state index >= 15 is 0 Å². The second-order valence-electron chi connectivity index (χ2n) is 19.8. The number of aliphatic hydroxyl groups excluding tert-OH is 1. The number of aromatic nitrogens is 2. The van der Waals surface area contributed by atoms with Crippen molar-refractivity contribution in [2.75, 3.05) is 6.61 Å². The molecule has 442 valence electrons. The van der Waals surface area contributed by atoms with Crippen molar-refractivity contribution in [2.24, 2.45) is 23.3 Å². The van der Waals surface area contributed by atoms with E-state index in [0.29, 0.717) is 11.1 Å². The molecule has 0 radical (unpaired) electrons. The molecule has 17 N–H and O–H groups in total. The van der Waals surface area contributed by atoms with E-state index in [2.05, 4.69) is 52.5 Å². The third-order valence-electron chi connectivity index (χ3n) is 12.7. The van der Waals surface area contributed by atoms with Crippen LogP contribution in [-0.2, 0) is 76.8 Å². The van der Waals surface area contributed by atoms with Gasteiger partial charge in [-0.2, -0.15) is 0 Å². The van der Waals surface area contributed by atoms with Crippen LogP contribution >= 0.6 is 0 Å². The van der Waals surface area contributed by atoms with Crippen molar-refractivity contribution in [3.8, 4) is 0 Å². The van der Waals surface area contributed by atoms with Crippen LogP contribution in [0.25, 0.3) is 0 Å². The topological polar surface area (TPSA) is 463 Å². The molecule has 0 fully saturated rings. The maximum atomic E-state index is 14.5. The molecular weight excluding hydrogens is 1060 g/mol. The Morgan fingerprint density at radius 1 is 0.543 bits per heavy atom. The van der Waals surface area contributed by atoms with Gasteiger partial charge >= 0.3 is 17.9 Å². The van der Waals surface area contributed by atoms with Gasteiger partial charge in [0.2, 0.25) is 53.2 Å². The molecule has 2 aromatic carbocycles. The number of carboxylic acid groups (broad SMARTS) is 3. The minimum absolute atomic E-state index is 0.0369. The number of aromatic amines is 1. The van der Waals surface area contributed by atoms with Crippen LogP contribution in [0.15, 0.2) is 73.2 Å². The molecule has 81 heavy (non-hydrogen) atoms. The first-order valence-corrected chi connectivity index (χ1v) is 26.1. The molecule has 0 bridgehead atoms. The Kier molecular flexibility index (Phi) is 27.6. The number of hydrogen-bond donors (Lipinski definition) is 15. The number of hydrogen-bond acceptors (Lipinski definition) is 15. The summed E-state index contributed by atoms with van der Waals surface area (Å²) in [5.74, 6) is -14.0. The van der Waals surface area contributed by atoms with Crippen molar-refractivity contribution < 1.29 is 78.0 Å². The van der Waals surface area contributed by atoms with Gasteiger partial charge in [0.25, 0.3) is 0 Å². The molecule has 0 unspecified atom stereocenters. The number of H-pyrrole nitrogens is 1. The minimum atomic E-state index is -1.83. The first kappa shape index (κ1) is 66.5. The third-order valence-corrected chi connectivity index (χ3v) is 12.7. The number of aliphatic hydroxyl groups is 1. The first-order valence-electron chi connectivity index (χ1n) is 26.1. The maximum absolute atomic E-state index is 14.5. The summed E-state index contributed by atoms with van der Waals surface area (Å²) in [6, 6.07) is 2.44. The van der Waals surface area contributed by atoms with Gasteiger partial charge < -0.3 is 79.4 Å². The Balaban J connectivity index is 1.93. The van der Waals surface area contributed by atoms with Crippen molar-refractivity contribution in [2.45, 2.75) is 146 Å². The summed E-state index contributed by atoms with van der Waals surface area (Å²) in [5, 5.41) is 58.8. The average Bonchev–Trinajstić information content (AvgIpc) is 3.93. The molecule has 28 heteroatoms. The van der Waals surface area contributed by atoms with Crippen molar-refractivity contribution in [1.82, 2.24) is 52.5 Å². The zero-order chi connectivity index (χ0) is 60.3. The summed E-state index contributed by atoms with van der Waals surface area (Å²) in [4.78, 5) is 165. The quantitative estimate of drug-likeness (QED) is 0.0284. The minimum Gasteiger partial charge on any atom is -0.481 e. The van der Waals surface area contributed by atoms with Gasteiger partial charge in [-0.05, 0) is 42.2 Å². The number of nitrogens with zero attached hydrogens (tertiary/aromatic N) is 1. The highest BCUT2D eigenvalue weighted by molar-refractivity contribution is 5.98. The van der Waals surface area contributed by atoms with Crippen molar-refractivity contribution in [3.63, 3.8) is 0 Å². The van der Waals surface area contributed by atoms with Crippen LogP contribution in [0.5, 0.6) is 0 Å². The van der Waals surface area contributed by atoms with E-state index in [1.807, 2.05) is 0 Å². The third kappa shape index (κ3) is 23.6. The Bertz CT molecular complexity index is 2620. The molecule has 0 spiro atoms. The number of carbonyl (C=O) groups is 12. The molecule has 1 heterocycles. The lowest BCUT2D eigenvalue weighted by atomic mass is 9.96. The standard InChI is InChI=1S/C53H74N12O16/c1-5-29(4)44(65-50(77)36(20-28(2)3)60-45(72)33(54)24-43(70)71)52(79)59-35(17-19-42(68)69)46(73)62-38(23-32-25-56-27-57-32)49(76)61-37(21-30-12-8-6-9-13-30)48(75)64-40(26-66)51(78)58-34(16-18-41(55)67)47(74)63-39(53(80)81)22-31-14-10-7-11-15-31/h6-15,25,27-29,33-40,44,66H,5,16-24,26,54H2,1-4H3,(H2,55,67)(H,56,57)(H,58,78)(H,59,79)(H,60,72)(H,61,76)(H,62,73)(H,63,74)(H,64,75)(H,65,77)(H,68,69)(H,70,71)(H,80,81)/t29-,33-,34-,35-,36-,37-,38-,39-,40-,44-/m0/s1. The van der Waals surface area contributed by atoms with Crippen molar-refractivity contribution in [1.29, 1.82) is 0 Å². The molecule has 1 aromatic heterocycles. The fraction of sp³-hybridized carbons (Fsp3) is 0.491. The van der Waals surface area contributed by atoms with Crippen LogP contribution in [0.3, 0.4) is 0 Å². The average molecular weight is 1140 g/mol. The number of nitrogens with two attached hydrogens (primary N) is 2. The molecular formula is C53H74N12O16. The van der Waals surface area contributed by atoms with Gasteiger partial charge in [-0.3, -0.25) is 52.7 Å². The number of amides is 9. The van der Waals surface area contributed by atoms with Gasteiger partial charge in [0, 0.05) is 44.0 Å². The summed E-state index contributed by atoms with van der Waals surface area (Å²) in [5.41, 5.74) is 12.4. The van der Waals surface area contributed by atoms with Crippen LogP contribution in [-0.4, -0.2) is 162 Å². The fourth-order valence-corrected chi connectivity index (χ4v) is 8.06. The van der Waals surface area contributed by atoms with E-state index in [1.54, 1.807) is 88.4 Å². The van der Waals surface area contributed by atoms with E-state index < -0.39 is 170 Å². The molecule has 10 atom stereocenters. The zero-order valence-corrected chi connectivity index (χ0v) is 45.3. The van der Waals surface area contributed by atoms with Gasteiger partial charge in [0.1, 0.15) is 48.3 Å². The van der Waals surface area contributed by atoms with Gasteiger partial charge in [-0.1, -0.05) is 94.8 Å². The number of rotatable bonds is 36. The number of benzene rings is 2. The van der Waals surface area contributed by atoms with Crippen molar-refractivity contribution in [3.05, 3.63) is 90.0 Å². The SMILES string of the molecule is CC[C@H](C)[C@H](NC(=O)[C@H](CC(C)C)NC(=O)[C@@H](N)CC(=O)O)C(=O)N[C@@H](CCC(=O)O)C(=O)N[C@@H](Cc1cnc[nH]1)C(=O)N[C@@H](Cc1ccccc1)C(=O)N[C@@H](CO)C(=O)N[C@@H](CCC(N)=O)C(=O)N[C@@H](Cc1ccccc1)C(=O)O. The van der Waals surface area contributed by atoms with Crippen LogP contribution in [0.2, 0.25) is 0 Å². The fourth-order valence-electron chi connectivity index (χ4n) is 8.06. The van der Waals surface area contributed by atoms with E-state index in [9.17, 15) is 72.9 Å². The van der Waals surface area contributed by atoms with Crippen LogP contribution in [0.1, 0.15) is 89.5 Å². The van der Waals surface area contributed by atoms with E-state index in [1.165, 1.54) is 12.5 Å². The van der Waals surface area contributed by atoms with E-state index in [4.69, 9.17) is 16.6 Å². The monoisotopic (exact) mass is 1130 g/mol. The number of aliphatic carboxylic acids is 3. The lowest BCUT2D eigenvalue weighted by Gasteiger charge is -2.29. The molecule has 9 amide bonds. The normalized spacial score (nSPS) is 14.8. The number of nitrogens with one attached hydrogen (secondary N) is 9. The van der Waals surface area contributed by atoms with Crippen LogP contribution in [0, 0.1) is 11.8 Å². The predicted molar refractivity (Wildman–Crippen MR) is 287 cm³/mol. The maximum Gasteiger partial charge on any atom is 0.326 e. The summed E-state index contributed by atoms with van der Waals surface area (Å²) >= 11 is 0. The Hall–Kier alpha value is -8.79. The van der Waals surface area contributed by atoms with Gasteiger partial charge in [-0.15, -0.1) is 0 Å². The summed E-state index contributed by atoms with van der Waals surface area (Å²) < 4.78 is 0. The van der Waals surface area contributed by atoms with E-state index in [-0.39, 0.29) is 43.7 Å². The van der Waals surface area contributed by atoms with Crippen molar-refractivity contribution >= 4 is 71.1 Å². The molecule has 0 aliphatic heterocycles. The van der Waals surface area contributed by atoms with Gasteiger partial charge in [0.15, 0.2) is 0 Å². The van der Waals surface area contributed by atoms with Gasteiger partial charge in [0.05, 0.1) is 25.4 Å². The molecule has 28 nitrogen and oxygen atoms in total. The number of carbonyl (C=O) groups excluding carboxylic acids is 9. The molecule has 0 aliphatic carbocycles. The number of imidazole rings is 1. The highest BCUT2D eigenvalue weighted by Gasteiger charge is 2.37. The lowest BCUT2D eigenvalue weighted by Crippen LogP contribution is -2.61. The summed E-state index contributed by atoms with van der Waals surface area (Å²) in [7, 11) is 0. The Labute approximate surface area is 466 Å². The zero-order valence-electron chi connectivity index (χ0n) is 45.3. The molecule has 0 saturated heterocycles. The number of carboxylic acids is 3. The Morgan fingerprint density at radius 2 is 0.988 bits per heavy atom. The molecule has 0 saturated carbocycles. The second-order valence-corrected chi connectivity index (χ2v) is 19.8. The predicted octanol–water partition coefficient (Wildman–Crippen LogP) is -2.58. The second kappa shape index (κ2) is 33.6. The highest BCUT2D eigenvalue weighted by Crippen LogP contribution is 2.14. The van der Waals surface area contributed by atoms with Crippen LogP contribution < -0.4 is 54.0 Å². The Morgan fingerprint density at radius 3 is 1.46 bits per heavy atom. The largest absolute Gasteiger partial charge is 0.481 e. The van der Waals surface area contributed by atoms with Crippen LogP contribution in [0.4, 0.5) is 0 Å². The first-order chi connectivity index (χ1) is 38.3. The molecule has 0 aliphatic rings. The summed E-state index contributed by atoms with van der Waals surface area (Å²) in [6.45, 7) is 5.71. The molecule has 3 aromatic rings. The summed E-state index contributed by atoms with van der Waals surface area (Å²) in [6.07, 6.45) is -0.666. The lowest BCUT2D eigenvalue weighted by molar-refractivity contribution is -0.142.